The predicted octanol–water partition coefficient (Wildman–Crippen LogP) is 4.03. The Balaban J connectivity index is 1.97. The molecule has 0 spiro atoms. The van der Waals surface area contributed by atoms with Crippen molar-refractivity contribution in [2.75, 3.05) is 20.3 Å². The molecule has 1 aromatic carbocycles. The maximum atomic E-state index is 12.1. The van der Waals surface area contributed by atoms with E-state index >= 15 is 0 Å². The third-order valence-electron chi connectivity index (χ3n) is 4.32. The monoisotopic (exact) mass is 358 g/mol. The average Bonchev–Trinajstić information content (AvgIpc) is 2.95. The van der Waals surface area contributed by atoms with E-state index in [0.717, 1.165) is 25.0 Å². The zero-order valence-electron chi connectivity index (χ0n) is 16.5. The highest BCUT2D eigenvalue weighted by Crippen LogP contribution is 2.27. The van der Waals surface area contributed by atoms with Gasteiger partial charge in [0.15, 0.2) is 0 Å². The third-order valence-corrected chi connectivity index (χ3v) is 4.32. The van der Waals surface area contributed by atoms with Gasteiger partial charge in [0.05, 0.1) is 12.1 Å². The van der Waals surface area contributed by atoms with Crippen LogP contribution in [0.25, 0.3) is 11.5 Å². The summed E-state index contributed by atoms with van der Waals surface area (Å²) in [7, 11) is 1.68. The van der Waals surface area contributed by atoms with E-state index in [1.165, 1.54) is 5.56 Å². The second kappa shape index (κ2) is 8.99. The molecule has 0 bridgehead atoms. The minimum absolute atomic E-state index is 0.0338. The van der Waals surface area contributed by atoms with Gasteiger partial charge in [-0.2, -0.15) is 0 Å². The zero-order valence-corrected chi connectivity index (χ0v) is 16.5. The summed E-state index contributed by atoms with van der Waals surface area (Å²) in [5.74, 6) is 1.22. The first-order chi connectivity index (χ1) is 12.3. The van der Waals surface area contributed by atoms with Gasteiger partial charge in [0, 0.05) is 25.8 Å². The van der Waals surface area contributed by atoms with Crippen molar-refractivity contribution in [1.29, 1.82) is 0 Å². The van der Waals surface area contributed by atoms with Crippen molar-refractivity contribution in [3.63, 3.8) is 0 Å². The molecule has 0 saturated heterocycles. The Kier molecular flexibility index (Phi) is 6.98. The van der Waals surface area contributed by atoms with E-state index in [0.29, 0.717) is 23.9 Å². The number of ether oxygens (including phenoxy) is 1. The van der Waals surface area contributed by atoms with Gasteiger partial charge in [0.2, 0.25) is 11.8 Å². The van der Waals surface area contributed by atoms with E-state index in [4.69, 9.17) is 9.15 Å². The molecule has 2 aromatic rings. The SMILES string of the molecule is COCCCCNC(=O)Cc1nc(-c2ccc(C(C)(C)C)cc2)oc1C. The zero-order chi connectivity index (χ0) is 19.2. The summed E-state index contributed by atoms with van der Waals surface area (Å²) < 4.78 is 10.8. The second-order valence-electron chi connectivity index (χ2n) is 7.58. The van der Waals surface area contributed by atoms with Gasteiger partial charge in [0.1, 0.15) is 5.76 Å². The highest BCUT2D eigenvalue weighted by molar-refractivity contribution is 5.78. The summed E-state index contributed by atoms with van der Waals surface area (Å²) >= 11 is 0. The summed E-state index contributed by atoms with van der Waals surface area (Å²) in [6, 6.07) is 8.24. The molecule has 0 radical (unpaired) electrons. The van der Waals surface area contributed by atoms with E-state index in [1.807, 2.05) is 19.1 Å². The van der Waals surface area contributed by atoms with Gasteiger partial charge < -0.3 is 14.5 Å². The molecule has 0 unspecified atom stereocenters. The first-order valence-electron chi connectivity index (χ1n) is 9.14. The van der Waals surface area contributed by atoms with Crippen LogP contribution in [0, 0.1) is 6.92 Å². The number of carbonyl (C=O) groups is 1. The van der Waals surface area contributed by atoms with Crippen molar-refractivity contribution >= 4 is 5.91 Å². The molecule has 0 fully saturated rings. The van der Waals surface area contributed by atoms with Crippen molar-refractivity contribution in [3.05, 3.63) is 41.3 Å². The Bertz CT molecular complexity index is 712. The molecule has 1 aromatic heterocycles. The van der Waals surface area contributed by atoms with Crippen LogP contribution in [0.3, 0.4) is 0 Å². The fraction of sp³-hybridized carbons (Fsp3) is 0.524. The normalized spacial score (nSPS) is 11.6. The molecule has 0 saturated carbocycles. The van der Waals surface area contributed by atoms with Crippen LogP contribution in [0.15, 0.2) is 28.7 Å². The average molecular weight is 358 g/mol. The van der Waals surface area contributed by atoms with E-state index in [2.05, 4.69) is 43.2 Å². The summed E-state index contributed by atoms with van der Waals surface area (Å²) in [6.45, 7) is 9.77. The number of rotatable bonds is 8. The Hall–Kier alpha value is -2.14. The van der Waals surface area contributed by atoms with Gasteiger partial charge >= 0.3 is 0 Å². The molecule has 0 aliphatic rings. The molecule has 1 heterocycles. The molecular formula is C21H30N2O3. The summed E-state index contributed by atoms with van der Waals surface area (Å²) in [4.78, 5) is 16.6. The van der Waals surface area contributed by atoms with Crippen LogP contribution in [-0.4, -0.2) is 31.2 Å². The van der Waals surface area contributed by atoms with E-state index in [-0.39, 0.29) is 17.7 Å². The molecule has 142 valence electrons. The topological polar surface area (TPSA) is 64.4 Å². The summed E-state index contributed by atoms with van der Waals surface area (Å²) in [5, 5.41) is 2.91. The molecule has 5 heteroatoms. The quantitative estimate of drug-likeness (QED) is 0.724. The van der Waals surface area contributed by atoms with Crippen molar-refractivity contribution < 1.29 is 13.9 Å². The molecular weight excluding hydrogens is 328 g/mol. The molecule has 0 aliphatic heterocycles. The van der Waals surface area contributed by atoms with Crippen LogP contribution < -0.4 is 5.32 Å². The molecule has 1 N–H and O–H groups in total. The maximum absolute atomic E-state index is 12.1. The van der Waals surface area contributed by atoms with Crippen LogP contribution >= 0.6 is 0 Å². The summed E-state index contributed by atoms with van der Waals surface area (Å²) in [5.41, 5.74) is 2.98. The number of amides is 1. The van der Waals surface area contributed by atoms with Crippen LogP contribution in [0.4, 0.5) is 0 Å². The number of unbranched alkanes of at least 4 members (excludes halogenated alkanes) is 1. The van der Waals surface area contributed by atoms with Crippen LogP contribution in [-0.2, 0) is 21.4 Å². The van der Waals surface area contributed by atoms with E-state index in [9.17, 15) is 4.79 Å². The number of benzene rings is 1. The number of aryl methyl sites for hydroxylation is 1. The molecule has 0 aliphatic carbocycles. The number of nitrogens with zero attached hydrogens (tertiary/aromatic N) is 1. The lowest BCUT2D eigenvalue weighted by Crippen LogP contribution is -2.26. The van der Waals surface area contributed by atoms with Gasteiger partial charge in [-0.1, -0.05) is 32.9 Å². The van der Waals surface area contributed by atoms with Crippen molar-refractivity contribution in [2.24, 2.45) is 0 Å². The number of aromatic nitrogens is 1. The van der Waals surface area contributed by atoms with E-state index < -0.39 is 0 Å². The van der Waals surface area contributed by atoms with Crippen LogP contribution in [0.5, 0.6) is 0 Å². The largest absolute Gasteiger partial charge is 0.441 e. The fourth-order valence-electron chi connectivity index (χ4n) is 2.64. The van der Waals surface area contributed by atoms with Gasteiger partial charge in [-0.15, -0.1) is 0 Å². The molecule has 2 rings (SSSR count). The van der Waals surface area contributed by atoms with Crippen molar-refractivity contribution in [1.82, 2.24) is 10.3 Å². The number of methoxy groups -OCH3 is 1. The van der Waals surface area contributed by atoms with Crippen LogP contribution in [0.2, 0.25) is 0 Å². The minimum atomic E-state index is -0.0338. The highest BCUT2D eigenvalue weighted by Gasteiger charge is 2.16. The lowest BCUT2D eigenvalue weighted by atomic mass is 9.87. The van der Waals surface area contributed by atoms with Gasteiger partial charge in [-0.3, -0.25) is 4.79 Å². The Morgan fingerprint density at radius 2 is 1.88 bits per heavy atom. The van der Waals surface area contributed by atoms with Gasteiger partial charge in [-0.25, -0.2) is 4.98 Å². The number of carbonyl (C=O) groups excluding carboxylic acids is 1. The predicted molar refractivity (Wildman–Crippen MR) is 103 cm³/mol. The molecule has 1 amide bonds. The number of hydrogen-bond acceptors (Lipinski definition) is 4. The van der Waals surface area contributed by atoms with E-state index in [1.54, 1.807) is 7.11 Å². The van der Waals surface area contributed by atoms with Crippen molar-refractivity contribution in [2.45, 2.75) is 52.4 Å². The Labute approximate surface area is 156 Å². The van der Waals surface area contributed by atoms with Crippen LogP contribution in [0.1, 0.15) is 50.6 Å². The standard InChI is InChI=1S/C21H30N2O3/c1-15-18(14-19(24)22-12-6-7-13-25-5)23-20(26-15)16-8-10-17(11-9-16)21(2,3)4/h8-11H,6-7,12-14H2,1-5H3,(H,22,24). The smallest absolute Gasteiger partial charge is 0.226 e. The molecule has 26 heavy (non-hydrogen) atoms. The highest BCUT2D eigenvalue weighted by atomic mass is 16.5. The number of oxazole rings is 1. The Morgan fingerprint density at radius 1 is 1.19 bits per heavy atom. The number of nitrogens with one attached hydrogen (secondary N) is 1. The first kappa shape index (κ1) is 20.2. The second-order valence-corrected chi connectivity index (χ2v) is 7.58. The van der Waals surface area contributed by atoms with Gasteiger partial charge in [0.25, 0.3) is 0 Å². The summed E-state index contributed by atoms with van der Waals surface area (Å²) in [6.07, 6.45) is 2.08. The lowest BCUT2D eigenvalue weighted by molar-refractivity contribution is -0.120. The Morgan fingerprint density at radius 3 is 2.50 bits per heavy atom. The molecule has 0 atom stereocenters. The maximum Gasteiger partial charge on any atom is 0.226 e. The number of hydrogen-bond donors (Lipinski definition) is 1. The first-order valence-corrected chi connectivity index (χ1v) is 9.14. The lowest BCUT2D eigenvalue weighted by Gasteiger charge is -2.18. The molecule has 5 nitrogen and oxygen atoms in total. The third kappa shape index (κ3) is 5.70. The van der Waals surface area contributed by atoms with Gasteiger partial charge in [-0.05, 0) is 42.9 Å². The minimum Gasteiger partial charge on any atom is -0.441 e. The van der Waals surface area contributed by atoms with Crippen molar-refractivity contribution in [3.8, 4) is 11.5 Å². The fourth-order valence-corrected chi connectivity index (χ4v) is 2.64.